The smallest absolute Gasteiger partial charge is 0.144 e. The van der Waals surface area contributed by atoms with Crippen LogP contribution in [0.4, 0.5) is 4.39 Å². The molecule has 2 rings (SSSR count). The van der Waals surface area contributed by atoms with Gasteiger partial charge < -0.3 is 0 Å². The molecule has 1 aromatic heterocycles. The molecular weight excluding hydrogens is 269 g/mol. The van der Waals surface area contributed by atoms with E-state index in [4.69, 9.17) is 0 Å². The van der Waals surface area contributed by atoms with Crippen LogP contribution in [-0.2, 0) is 11.0 Å². The van der Waals surface area contributed by atoms with Crippen LogP contribution in [0, 0.1) is 5.82 Å². The van der Waals surface area contributed by atoms with Crippen molar-refractivity contribution in [1.82, 2.24) is 0 Å². The molecule has 0 aliphatic rings. The van der Waals surface area contributed by atoms with Crippen molar-refractivity contribution in [3.05, 3.63) is 35.0 Å². The van der Waals surface area contributed by atoms with Gasteiger partial charge in [0.25, 0.3) is 0 Å². The highest BCUT2D eigenvalue weighted by atomic mass is 32.2. The maximum absolute atomic E-state index is 13.0. The van der Waals surface area contributed by atoms with Gasteiger partial charge in [-0.25, -0.2) is 8.60 Å². The number of nitrogens with zero attached hydrogens (tertiary/aromatic N) is 1. The molecule has 2 aromatic rings. The Labute approximate surface area is 112 Å². The number of benzene rings is 1. The first-order valence-corrected chi connectivity index (χ1v) is 7.44. The van der Waals surface area contributed by atoms with Crippen molar-refractivity contribution in [2.75, 3.05) is 0 Å². The fraction of sp³-hybridized carbons (Fsp3) is 0.308. The van der Waals surface area contributed by atoms with Crippen LogP contribution in [0.1, 0.15) is 25.6 Å². The molecule has 0 spiro atoms. The van der Waals surface area contributed by atoms with Crippen LogP contribution < -0.4 is 0 Å². The summed E-state index contributed by atoms with van der Waals surface area (Å²) in [4.78, 5) is 0.883. The average molecular weight is 283 g/mol. The van der Waals surface area contributed by atoms with Crippen molar-refractivity contribution in [3.63, 3.8) is 0 Å². The van der Waals surface area contributed by atoms with Gasteiger partial charge in [-0.15, -0.1) is 11.3 Å². The van der Waals surface area contributed by atoms with Crippen LogP contribution in [0.2, 0.25) is 0 Å². The fourth-order valence-electron chi connectivity index (χ4n) is 1.35. The molecule has 0 fully saturated rings. The van der Waals surface area contributed by atoms with Gasteiger partial charge in [0.15, 0.2) is 0 Å². The first kappa shape index (κ1) is 13.4. The Hall–Kier alpha value is -1.07. The second-order valence-corrected chi connectivity index (χ2v) is 7.98. The minimum atomic E-state index is -1.26. The lowest BCUT2D eigenvalue weighted by atomic mass is 10.2. The average Bonchev–Trinajstić information content (AvgIpc) is 2.66. The van der Waals surface area contributed by atoms with Crippen molar-refractivity contribution in [1.29, 1.82) is 0 Å². The fourth-order valence-corrected chi connectivity index (χ4v) is 2.90. The third-order valence-corrected chi connectivity index (χ3v) is 4.68. The molecule has 1 heterocycles. The molecule has 0 N–H and O–H groups in total. The summed E-state index contributed by atoms with van der Waals surface area (Å²) in [5.74, 6) is -0.244. The van der Waals surface area contributed by atoms with Crippen molar-refractivity contribution < 1.29 is 8.60 Å². The summed E-state index contributed by atoms with van der Waals surface area (Å²) in [7, 11) is -1.26. The van der Waals surface area contributed by atoms with Crippen LogP contribution in [0.15, 0.2) is 28.7 Å². The predicted molar refractivity (Wildman–Crippen MR) is 77.3 cm³/mol. The molecule has 0 aliphatic heterocycles. The molecule has 0 aliphatic carbocycles. The Morgan fingerprint density at radius 2 is 2.06 bits per heavy atom. The van der Waals surface area contributed by atoms with Gasteiger partial charge in [0.1, 0.15) is 16.8 Å². The molecule has 0 saturated carbocycles. The maximum Gasteiger partial charge on any atom is 0.144 e. The summed E-state index contributed by atoms with van der Waals surface area (Å²) >= 11 is 1.44. The van der Waals surface area contributed by atoms with Gasteiger partial charge in [0, 0.05) is 9.58 Å². The van der Waals surface area contributed by atoms with Gasteiger partial charge >= 0.3 is 0 Å². The monoisotopic (exact) mass is 283 g/mol. The predicted octanol–water partition coefficient (Wildman–Crippen LogP) is 3.92. The van der Waals surface area contributed by atoms with E-state index in [2.05, 4.69) is 4.40 Å². The summed E-state index contributed by atoms with van der Waals surface area (Å²) < 4.78 is 29.4. The van der Waals surface area contributed by atoms with Crippen LogP contribution in [0.3, 0.4) is 0 Å². The van der Waals surface area contributed by atoms with E-state index in [1.165, 1.54) is 23.5 Å². The standard InChI is InChI=1S/C13H14FNOS2/c1-13(2,3)18(16)15-8-11-6-9-4-5-10(14)7-12(9)17-11/h4-8H,1-3H3. The van der Waals surface area contributed by atoms with Crippen LogP contribution >= 0.6 is 11.3 Å². The highest BCUT2D eigenvalue weighted by Crippen LogP contribution is 2.25. The van der Waals surface area contributed by atoms with Crippen LogP contribution in [0.5, 0.6) is 0 Å². The molecule has 1 aromatic carbocycles. The first-order valence-electron chi connectivity index (χ1n) is 5.51. The number of fused-ring (bicyclic) bond motifs is 1. The van der Waals surface area contributed by atoms with Gasteiger partial charge in [-0.1, -0.05) is 6.07 Å². The number of hydrogen-bond donors (Lipinski definition) is 0. The van der Waals surface area contributed by atoms with Crippen molar-refractivity contribution in [2.24, 2.45) is 4.40 Å². The van der Waals surface area contributed by atoms with Crippen molar-refractivity contribution in [2.45, 2.75) is 25.5 Å². The summed E-state index contributed by atoms with van der Waals surface area (Å²) in [5, 5.41) is 0.976. The zero-order chi connectivity index (χ0) is 13.3. The highest BCUT2D eigenvalue weighted by Gasteiger charge is 2.18. The lowest BCUT2D eigenvalue weighted by Gasteiger charge is -2.12. The van der Waals surface area contributed by atoms with E-state index in [1.807, 2.05) is 26.8 Å². The van der Waals surface area contributed by atoms with E-state index in [-0.39, 0.29) is 10.6 Å². The molecule has 18 heavy (non-hydrogen) atoms. The summed E-state index contributed by atoms with van der Waals surface area (Å²) in [6, 6.07) is 6.59. The zero-order valence-corrected chi connectivity index (χ0v) is 12.1. The Morgan fingerprint density at radius 3 is 2.72 bits per heavy atom. The topological polar surface area (TPSA) is 29.4 Å². The second-order valence-electron chi connectivity index (χ2n) is 4.93. The van der Waals surface area contributed by atoms with Gasteiger partial charge in [-0.3, -0.25) is 0 Å². The van der Waals surface area contributed by atoms with E-state index >= 15 is 0 Å². The van der Waals surface area contributed by atoms with E-state index in [9.17, 15) is 8.60 Å². The Morgan fingerprint density at radius 1 is 1.33 bits per heavy atom. The first-order chi connectivity index (χ1) is 8.36. The summed E-state index contributed by atoms with van der Waals surface area (Å²) in [6.45, 7) is 5.63. The van der Waals surface area contributed by atoms with Gasteiger partial charge in [-0.2, -0.15) is 4.40 Å². The molecule has 1 unspecified atom stereocenters. The van der Waals surface area contributed by atoms with Gasteiger partial charge in [0.2, 0.25) is 0 Å². The number of rotatable bonds is 2. The van der Waals surface area contributed by atoms with Gasteiger partial charge in [-0.05, 0) is 44.4 Å². The van der Waals surface area contributed by atoms with Crippen molar-refractivity contribution in [3.8, 4) is 0 Å². The van der Waals surface area contributed by atoms with Crippen molar-refractivity contribution >= 4 is 38.6 Å². The van der Waals surface area contributed by atoms with Crippen LogP contribution in [-0.4, -0.2) is 15.2 Å². The third-order valence-electron chi connectivity index (χ3n) is 2.30. The normalized spacial score (nSPS) is 14.4. The van der Waals surface area contributed by atoms with E-state index in [0.717, 1.165) is 15.0 Å². The molecule has 2 nitrogen and oxygen atoms in total. The molecule has 0 amide bonds. The Balaban J connectivity index is 2.27. The van der Waals surface area contributed by atoms with Gasteiger partial charge in [0.05, 0.1) is 11.0 Å². The second kappa shape index (κ2) is 4.90. The molecule has 0 radical (unpaired) electrons. The minimum Gasteiger partial charge on any atom is -0.234 e. The quantitative estimate of drug-likeness (QED) is 0.768. The lowest BCUT2D eigenvalue weighted by Crippen LogP contribution is -2.19. The molecule has 0 bridgehead atoms. The highest BCUT2D eigenvalue weighted by molar-refractivity contribution is 7.85. The van der Waals surface area contributed by atoms with Crippen LogP contribution in [0.25, 0.3) is 10.1 Å². The van der Waals surface area contributed by atoms with E-state index in [1.54, 1.807) is 12.3 Å². The maximum atomic E-state index is 13.0. The minimum absolute atomic E-state index is 0.244. The number of hydrogen-bond acceptors (Lipinski definition) is 2. The third kappa shape index (κ3) is 3.03. The Bertz CT molecular complexity index is 625. The number of thiophene rings is 1. The molecule has 0 saturated heterocycles. The molecule has 96 valence electrons. The summed E-state index contributed by atoms with van der Waals surface area (Å²) in [6.07, 6.45) is 1.60. The molecule has 5 heteroatoms. The summed E-state index contributed by atoms with van der Waals surface area (Å²) in [5.41, 5.74) is 0. The zero-order valence-electron chi connectivity index (χ0n) is 10.4. The number of halogens is 1. The van der Waals surface area contributed by atoms with E-state index < -0.39 is 11.0 Å². The lowest BCUT2D eigenvalue weighted by molar-refractivity contribution is 0.630. The molecular formula is C13H14FNOS2. The SMILES string of the molecule is CC(C)(C)S(=O)N=Cc1cc2ccc(F)cc2s1. The molecule has 1 atom stereocenters. The van der Waals surface area contributed by atoms with E-state index in [0.29, 0.717) is 0 Å². The Kier molecular flexibility index (Phi) is 3.64. The largest absolute Gasteiger partial charge is 0.234 e.